The predicted molar refractivity (Wildman–Crippen MR) is 151 cm³/mol. The van der Waals surface area contributed by atoms with Crippen molar-refractivity contribution >= 4 is 62.4 Å². The van der Waals surface area contributed by atoms with Crippen LogP contribution >= 0.6 is 23.2 Å². The van der Waals surface area contributed by atoms with Crippen LogP contribution in [0.5, 0.6) is 5.75 Å². The Labute approximate surface area is 224 Å². The summed E-state index contributed by atoms with van der Waals surface area (Å²) in [6, 6.07) is 32.7. The molecule has 0 radical (unpaired) electrons. The van der Waals surface area contributed by atoms with Gasteiger partial charge in [-0.05, 0) is 51.4 Å². The molecule has 0 heterocycles. The first-order valence-corrected chi connectivity index (χ1v) is 12.3. The lowest BCUT2D eigenvalue weighted by Gasteiger charge is -2.14. The molecule has 0 bridgehead atoms. The smallest absolute Gasteiger partial charge is 0.266 e. The molecule has 37 heavy (non-hydrogen) atoms. The predicted octanol–water partition coefficient (Wildman–Crippen LogP) is 8.42. The first kappa shape index (κ1) is 24.4. The van der Waals surface area contributed by atoms with E-state index in [1.165, 1.54) is 0 Å². The Bertz CT molecular complexity index is 1690. The van der Waals surface area contributed by atoms with Gasteiger partial charge in [0.1, 0.15) is 24.0 Å². The second kappa shape index (κ2) is 10.8. The van der Waals surface area contributed by atoms with E-state index in [1.807, 2.05) is 66.7 Å². The maximum absolute atomic E-state index is 13.1. The summed E-state index contributed by atoms with van der Waals surface area (Å²) in [5.41, 5.74) is 1.81. The number of carbonyl (C=O) groups is 1. The summed E-state index contributed by atoms with van der Waals surface area (Å²) >= 11 is 12.4. The summed E-state index contributed by atoms with van der Waals surface area (Å²) in [5.74, 6) is -0.0617. The largest absolute Gasteiger partial charge is 0.488 e. The summed E-state index contributed by atoms with van der Waals surface area (Å²) in [6.07, 6.45) is 1.54. The molecule has 0 unspecified atom stereocenters. The number of hydrogen-bond donors (Lipinski definition) is 1. The van der Waals surface area contributed by atoms with Crippen LogP contribution in [-0.4, -0.2) is 5.91 Å². The van der Waals surface area contributed by atoms with E-state index >= 15 is 0 Å². The molecule has 0 aliphatic rings. The molecule has 4 nitrogen and oxygen atoms in total. The number of carbonyl (C=O) groups excluding carboxylic acids is 1. The van der Waals surface area contributed by atoms with Crippen LogP contribution in [0.4, 0.5) is 5.69 Å². The zero-order valence-corrected chi connectivity index (χ0v) is 21.1. The molecular weight excluding hydrogens is 503 g/mol. The fraction of sp³-hybridized carbons (Fsp3) is 0.0323. The number of para-hydroxylation sites is 1. The van der Waals surface area contributed by atoms with Gasteiger partial charge in [0, 0.05) is 5.56 Å². The Morgan fingerprint density at radius 3 is 2.16 bits per heavy atom. The van der Waals surface area contributed by atoms with E-state index in [0.717, 1.165) is 27.1 Å². The Morgan fingerprint density at radius 1 is 0.811 bits per heavy atom. The first-order valence-electron chi connectivity index (χ1n) is 11.5. The highest BCUT2D eigenvalue weighted by molar-refractivity contribution is 6.40. The van der Waals surface area contributed by atoms with Gasteiger partial charge in [-0.3, -0.25) is 4.79 Å². The van der Waals surface area contributed by atoms with E-state index in [0.29, 0.717) is 17.9 Å². The minimum atomic E-state index is -0.620. The number of nitrogens with one attached hydrogen (secondary N) is 1. The number of halogens is 2. The van der Waals surface area contributed by atoms with Gasteiger partial charge in [0.05, 0.1) is 15.7 Å². The van der Waals surface area contributed by atoms with Gasteiger partial charge in [-0.25, -0.2) is 0 Å². The van der Waals surface area contributed by atoms with Crippen molar-refractivity contribution in [3.05, 3.63) is 124 Å². The molecule has 0 saturated carbocycles. The number of nitriles is 1. The Balaban J connectivity index is 1.53. The van der Waals surface area contributed by atoms with Crippen molar-refractivity contribution in [3.63, 3.8) is 0 Å². The summed E-state index contributed by atoms with van der Waals surface area (Å²) in [6.45, 7) is 0.323. The Hall–Kier alpha value is -4.30. The molecule has 5 aromatic rings. The fourth-order valence-corrected chi connectivity index (χ4v) is 4.71. The SMILES string of the molecule is N#C/C(=C\c1c(OCc2cccc3ccccc23)ccc2ccccc12)C(=O)Nc1c(Cl)cccc1Cl. The van der Waals surface area contributed by atoms with E-state index in [4.69, 9.17) is 27.9 Å². The zero-order valence-electron chi connectivity index (χ0n) is 19.5. The van der Waals surface area contributed by atoms with Crippen molar-refractivity contribution in [2.45, 2.75) is 6.61 Å². The van der Waals surface area contributed by atoms with E-state index in [1.54, 1.807) is 24.3 Å². The summed E-state index contributed by atoms with van der Waals surface area (Å²) < 4.78 is 6.29. The van der Waals surface area contributed by atoms with Gasteiger partial charge in [0.25, 0.3) is 5.91 Å². The van der Waals surface area contributed by atoms with Gasteiger partial charge in [-0.1, -0.05) is 102 Å². The van der Waals surface area contributed by atoms with E-state index in [2.05, 4.69) is 23.5 Å². The molecule has 6 heteroatoms. The highest BCUT2D eigenvalue weighted by atomic mass is 35.5. The van der Waals surface area contributed by atoms with Crippen LogP contribution in [0.15, 0.2) is 103 Å². The van der Waals surface area contributed by atoms with Crippen LogP contribution in [0.2, 0.25) is 10.0 Å². The minimum Gasteiger partial charge on any atom is -0.488 e. The van der Waals surface area contributed by atoms with E-state index in [9.17, 15) is 10.1 Å². The summed E-state index contributed by atoms with van der Waals surface area (Å²) in [7, 11) is 0. The number of ether oxygens (including phenoxy) is 1. The molecule has 0 saturated heterocycles. The molecule has 1 N–H and O–H groups in total. The second-order valence-corrected chi connectivity index (χ2v) is 9.16. The summed E-state index contributed by atoms with van der Waals surface area (Å²) in [4.78, 5) is 13.1. The fourth-order valence-electron chi connectivity index (χ4n) is 4.22. The normalized spacial score (nSPS) is 11.3. The maximum atomic E-state index is 13.1. The van der Waals surface area contributed by atoms with Crippen molar-refractivity contribution < 1.29 is 9.53 Å². The van der Waals surface area contributed by atoms with Crippen LogP contribution in [0.1, 0.15) is 11.1 Å². The highest BCUT2D eigenvalue weighted by Gasteiger charge is 2.16. The lowest BCUT2D eigenvalue weighted by atomic mass is 10.0. The third-order valence-electron chi connectivity index (χ3n) is 6.05. The molecule has 0 fully saturated rings. The number of benzene rings is 5. The van der Waals surface area contributed by atoms with Gasteiger partial charge in [-0.2, -0.15) is 5.26 Å². The quantitative estimate of drug-likeness (QED) is 0.180. The standard InChI is InChI=1S/C31H20Cl2N2O2/c32-27-13-6-14-28(33)30(27)35-31(36)23(18-34)17-26-25-12-4-2-8-21(25)15-16-29(26)37-19-22-10-5-9-20-7-1-3-11-24(20)22/h1-17H,19H2,(H,35,36)/b23-17+. The van der Waals surface area contributed by atoms with E-state index < -0.39 is 5.91 Å². The Kier molecular flexibility index (Phi) is 7.09. The van der Waals surface area contributed by atoms with E-state index in [-0.39, 0.29) is 21.3 Å². The molecule has 0 aliphatic heterocycles. The molecule has 5 aromatic carbocycles. The minimum absolute atomic E-state index is 0.109. The van der Waals surface area contributed by atoms with Gasteiger partial charge in [0.2, 0.25) is 0 Å². The molecule has 0 aromatic heterocycles. The first-order chi connectivity index (χ1) is 18.0. The molecule has 180 valence electrons. The van der Waals surface area contributed by atoms with Crippen molar-refractivity contribution in [1.29, 1.82) is 5.26 Å². The average molecular weight is 523 g/mol. The lowest BCUT2D eigenvalue weighted by molar-refractivity contribution is -0.112. The third kappa shape index (κ3) is 5.15. The van der Waals surface area contributed by atoms with Gasteiger partial charge < -0.3 is 10.1 Å². The number of amides is 1. The van der Waals surface area contributed by atoms with Crippen molar-refractivity contribution in [2.75, 3.05) is 5.32 Å². The number of fused-ring (bicyclic) bond motifs is 2. The molecule has 0 aliphatic carbocycles. The van der Waals surface area contributed by atoms with Crippen LogP contribution < -0.4 is 10.1 Å². The third-order valence-corrected chi connectivity index (χ3v) is 6.68. The molecule has 0 spiro atoms. The van der Waals surface area contributed by atoms with Gasteiger partial charge >= 0.3 is 0 Å². The monoisotopic (exact) mass is 522 g/mol. The number of nitrogens with zero attached hydrogens (tertiary/aromatic N) is 1. The van der Waals surface area contributed by atoms with Crippen LogP contribution in [0, 0.1) is 11.3 Å². The average Bonchev–Trinajstić information content (AvgIpc) is 2.92. The maximum Gasteiger partial charge on any atom is 0.266 e. The number of anilines is 1. The molecular formula is C31H20Cl2N2O2. The second-order valence-electron chi connectivity index (χ2n) is 8.35. The van der Waals surface area contributed by atoms with Crippen LogP contribution in [0.3, 0.4) is 0 Å². The lowest BCUT2D eigenvalue weighted by Crippen LogP contribution is -2.14. The van der Waals surface area contributed by atoms with Crippen molar-refractivity contribution in [3.8, 4) is 11.8 Å². The number of rotatable bonds is 6. The van der Waals surface area contributed by atoms with Crippen LogP contribution in [-0.2, 0) is 11.4 Å². The summed E-state index contributed by atoms with van der Waals surface area (Å²) in [5, 5.41) is 17.1. The zero-order chi connectivity index (χ0) is 25.8. The molecule has 1 amide bonds. The van der Waals surface area contributed by atoms with Crippen molar-refractivity contribution in [2.24, 2.45) is 0 Å². The molecule has 5 rings (SSSR count). The van der Waals surface area contributed by atoms with Crippen molar-refractivity contribution in [1.82, 2.24) is 0 Å². The van der Waals surface area contributed by atoms with Gasteiger partial charge in [-0.15, -0.1) is 0 Å². The highest BCUT2D eigenvalue weighted by Crippen LogP contribution is 2.33. The van der Waals surface area contributed by atoms with Gasteiger partial charge in [0.15, 0.2) is 0 Å². The van der Waals surface area contributed by atoms with Crippen LogP contribution in [0.25, 0.3) is 27.6 Å². The topological polar surface area (TPSA) is 62.1 Å². The molecule has 0 atom stereocenters. The number of hydrogen-bond acceptors (Lipinski definition) is 3. The Morgan fingerprint density at radius 2 is 1.43 bits per heavy atom.